The fourth-order valence-corrected chi connectivity index (χ4v) is 3.82. The number of aromatic nitrogens is 4. The van der Waals surface area contributed by atoms with Crippen molar-refractivity contribution in [3.8, 4) is 33.9 Å². The van der Waals surface area contributed by atoms with Gasteiger partial charge in [-0.2, -0.15) is 0 Å². The number of halogens is 6. The van der Waals surface area contributed by atoms with Gasteiger partial charge in [-0.25, -0.2) is 0 Å². The maximum absolute atomic E-state index is 10.7. The smallest absolute Gasteiger partial charge is 0.305 e. The second kappa shape index (κ2) is 17.8. The van der Waals surface area contributed by atoms with E-state index in [1.807, 2.05) is 150 Å². The minimum absolute atomic E-state index is 0. The maximum Gasteiger partial charge on any atom is 3.00 e. The molecule has 4 aromatic heterocycles. The van der Waals surface area contributed by atoms with Crippen molar-refractivity contribution in [1.29, 1.82) is 0 Å². The van der Waals surface area contributed by atoms with Crippen LogP contribution in [-0.2, 0) is 20.1 Å². The summed E-state index contributed by atoms with van der Waals surface area (Å²) in [5, 5.41) is 0. The van der Waals surface area contributed by atoms with Crippen molar-refractivity contribution in [2.75, 3.05) is 38.0 Å². The van der Waals surface area contributed by atoms with Crippen molar-refractivity contribution in [2.24, 2.45) is 0 Å². The first-order valence-electron chi connectivity index (χ1n) is 14.6. The van der Waals surface area contributed by atoms with Crippen molar-refractivity contribution in [1.82, 2.24) is 19.9 Å². The van der Waals surface area contributed by atoms with E-state index in [1.54, 1.807) is 12.4 Å². The van der Waals surface area contributed by atoms with E-state index in [-0.39, 0.29) is 20.1 Å². The number of anilines is 2. The van der Waals surface area contributed by atoms with Gasteiger partial charge in [-0.15, -0.1) is 71.8 Å². The van der Waals surface area contributed by atoms with Crippen molar-refractivity contribution in [3.05, 3.63) is 146 Å². The Hall–Kier alpha value is -4.70. The number of hydrogen-bond acceptors (Lipinski definition) is 6. The monoisotopic (exact) mass is 888 g/mol. The first kappa shape index (κ1) is 41.5. The summed E-state index contributed by atoms with van der Waals surface area (Å²) in [7, 11) is -2.59. The van der Waals surface area contributed by atoms with Gasteiger partial charge in [0.05, 0.1) is 11.4 Å². The Kier molecular flexibility index (Phi) is 14.8. The maximum atomic E-state index is 9.87. The molecule has 6 nitrogen and oxygen atoms in total. The fourth-order valence-electron chi connectivity index (χ4n) is 3.82. The average Bonchev–Trinajstić information content (AvgIpc) is 3.09. The summed E-state index contributed by atoms with van der Waals surface area (Å²) in [4.78, 5) is 21.3. The Balaban J connectivity index is 0.000000241. The van der Waals surface area contributed by atoms with Crippen LogP contribution in [0.2, 0.25) is 0 Å². The largest absolute Gasteiger partial charge is 3.00 e. The second-order valence-electron chi connectivity index (χ2n) is 10.5. The molecule has 0 N–H and O–H groups in total. The first-order chi connectivity index (χ1) is 23.0. The molecule has 0 aliphatic heterocycles. The molecule has 2 aromatic carbocycles. The molecule has 0 aliphatic rings. The minimum atomic E-state index is -10.7. The van der Waals surface area contributed by atoms with Gasteiger partial charge in [0.15, 0.2) is 0 Å². The van der Waals surface area contributed by atoms with E-state index >= 15 is 0 Å². The van der Waals surface area contributed by atoms with Crippen LogP contribution in [0.1, 0.15) is 0 Å². The molecule has 50 heavy (non-hydrogen) atoms. The van der Waals surface area contributed by atoms with Gasteiger partial charge >= 0.3 is 53.1 Å². The molecule has 0 amide bonds. The van der Waals surface area contributed by atoms with Gasteiger partial charge in [-0.1, -0.05) is 24.3 Å². The summed E-state index contributed by atoms with van der Waals surface area (Å²) in [6.45, 7) is 0. The van der Waals surface area contributed by atoms with Crippen LogP contribution in [0.25, 0.3) is 33.9 Å². The van der Waals surface area contributed by atoms with Crippen molar-refractivity contribution in [2.45, 2.75) is 0 Å². The molecule has 4 heterocycles. The van der Waals surface area contributed by atoms with E-state index in [0.29, 0.717) is 0 Å². The number of rotatable bonds is 5. The Morgan fingerprint density at radius 1 is 0.460 bits per heavy atom. The summed E-state index contributed by atoms with van der Waals surface area (Å²) in [5.41, 5.74) is 8.05. The van der Waals surface area contributed by atoms with Crippen LogP contribution in [0, 0.1) is 12.1 Å². The van der Waals surface area contributed by atoms with Crippen LogP contribution < -0.4 is 9.80 Å². The van der Waals surface area contributed by atoms with Crippen LogP contribution in [-0.4, -0.2) is 48.1 Å². The summed E-state index contributed by atoms with van der Waals surface area (Å²) in [5.74, 6) is 0. The standard InChI is InChI=1S/C14H18N4.2C11H8N.F6P.Ir/c1-17(2)11-5-7-15-13(9-11)14-10-12(18(3)4)6-8-16-14;2*1-2-6-10(7-3-1)11-8-4-5-9-12-11;1-7(2,3,4,5)6;/h5-10H,1-4H3;2*1-6,8-9H;;/q;3*-1;+3. The van der Waals surface area contributed by atoms with Gasteiger partial charge in [-0.05, 0) is 47.8 Å². The van der Waals surface area contributed by atoms with E-state index < -0.39 is 7.81 Å². The van der Waals surface area contributed by atoms with Gasteiger partial charge in [0, 0.05) is 64.4 Å². The van der Waals surface area contributed by atoms with Crippen LogP contribution >= 0.6 is 7.81 Å². The SMILES string of the molecule is CN(C)c1ccnc(-c2cc(N(C)C)ccn2)c1.F[P-](F)(F)(F)(F)F.[Ir+3].[c-]1ccccc1-c1ccccn1.[c-]1ccccc1-c1ccccn1. The normalized spacial score (nSPS) is 11.6. The molecule has 0 radical (unpaired) electrons. The average molecular weight is 888 g/mol. The third kappa shape index (κ3) is 17.1. The van der Waals surface area contributed by atoms with Gasteiger partial charge in [-0.3, -0.25) is 9.97 Å². The van der Waals surface area contributed by atoms with Crippen LogP contribution in [0.3, 0.4) is 0 Å². The number of pyridine rings is 4. The van der Waals surface area contributed by atoms with Crippen molar-refractivity contribution < 1.29 is 45.3 Å². The molecule has 0 aliphatic carbocycles. The summed E-state index contributed by atoms with van der Waals surface area (Å²) >= 11 is 0. The predicted molar refractivity (Wildman–Crippen MR) is 187 cm³/mol. The van der Waals surface area contributed by atoms with Gasteiger partial charge in [0.1, 0.15) is 0 Å². The molecule has 0 bridgehead atoms. The molecule has 0 unspecified atom stereocenters. The molecule has 0 saturated heterocycles. The molecule has 0 atom stereocenters. The van der Waals surface area contributed by atoms with E-state index in [9.17, 15) is 25.2 Å². The second-order valence-corrected chi connectivity index (χ2v) is 12.4. The summed E-state index contributed by atoms with van der Waals surface area (Å²) in [6.07, 6.45) is 7.20. The number of nitrogens with zero attached hydrogens (tertiary/aromatic N) is 6. The Bertz CT molecular complexity index is 1640. The zero-order valence-electron chi connectivity index (χ0n) is 27.4. The van der Waals surface area contributed by atoms with E-state index in [4.69, 9.17) is 0 Å². The Labute approximate surface area is 301 Å². The van der Waals surface area contributed by atoms with Gasteiger partial charge in [0.2, 0.25) is 0 Å². The quantitative estimate of drug-likeness (QED) is 0.0977. The van der Waals surface area contributed by atoms with E-state index in [0.717, 1.165) is 45.3 Å². The first-order valence-corrected chi connectivity index (χ1v) is 16.6. The predicted octanol–water partition coefficient (Wildman–Crippen LogP) is 10.8. The summed E-state index contributed by atoms with van der Waals surface area (Å²) in [6, 6.07) is 41.7. The van der Waals surface area contributed by atoms with Gasteiger partial charge < -0.3 is 19.8 Å². The molecule has 6 aromatic rings. The van der Waals surface area contributed by atoms with E-state index in [2.05, 4.69) is 41.9 Å². The zero-order chi connectivity index (χ0) is 36.0. The molecule has 0 spiro atoms. The fraction of sp³-hybridized carbons (Fsp3) is 0.111. The molecule has 14 heteroatoms. The molecule has 0 fully saturated rings. The third-order valence-electron chi connectivity index (χ3n) is 6.08. The topological polar surface area (TPSA) is 58.0 Å². The molecule has 0 saturated carbocycles. The van der Waals surface area contributed by atoms with E-state index in [1.165, 1.54) is 0 Å². The van der Waals surface area contributed by atoms with Gasteiger partial charge in [0.25, 0.3) is 0 Å². The number of hydrogen-bond donors (Lipinski definition) is 0. The molecular weight excluding hydrogens is 854 g/mol. The van der Waals surface area contributed by atoms with Crippen LogP contribution in [0.4, 0.5) is 36.6 Å². The van der Waals surface area contributed by atoms with Crippen molar-refractivity contribution in [3.63, 3.8) is 0 Å². The summed E-state index contributed by atoms with van der Waals surface area (Å²) < 4.78 is 59.2. The zero-order valence-corrected chi connectivity index (χ0v) is 30.7. The van der Waals surface area contributed by atoms with Crippen LogP contribution in [0.15, 0.2) is 134 Å². The molecule has 6 rings (SSSR count). The Morgan fingerprint density at radius 2 is 0.800 bits per heavy atom. The van der Waals surface area contributed by atoms with Crippen molar-refractivity contribution >= 4 is 19.2 Å². The van der Waals surface area contributed by atoms with Crippen LogP contribution in [0.5, 0.6) is 0 Å². The number of benzene rings is 2. The molecule has 264 valence electrons. The minimum Gasteiger partial charge on any atom is -0.305 e. The third-order valence-corrected chi connectivity index (χ3v) is 6.08. The Morgan fingerprint density at radius 3 is 1.08 bits per heavy atom. The molecular formula is C36H34F6IrN6P.